The second-order valence-electron chi connectivity index (χ2n) is 5.47. The Kier molecular flexibility index (Phi) is 5.48. The second kappa shape index (κ2) is 8.17. The lowest BCUT2D eigenvalue weighted by atomic mass is 10.0. The summed E-state index contributed by atoms with van der Waals surface area (Å²) in [5, 5.41) is 2.89. The number of carbonyl (C=O) groups is 1. The normalized spacial score (nSPS) is 16.5. The van der Waals surface area contributed by atoms with E-state index < -0.39 is 0 Å². The predicted molar refractivity (Wildman–Crippen MR) is 91.2 cm³/mol. The number of rotatable bonds is 6. The van der Waals surface area contributed by atoms with Crippen LogP contribution in [0.4, 0.5) is 0 Å². The van der Waals surface area contributed by atoms with Gasteiger partial charge < -0.3 is 10.1 Å². The molecule has 0 radical (unpaired) electrons. The van der Waals surface area contributed by atoms with Crippen LogP contribution < -0.4 is 5.32 Å². The topological polar surface area (TPSA) is 64.1 Å². The van der Waals surface area contributed by atoms with E-state index in [4.69, 9.17) is 4.74 Å². The Morgan fingerprint density at radius 3 is 2.92 bits per heavy atom. The third-order valence-electron chi connectivity index (χ3n) is 3.69. The minimum atomic E-state index is -0.120. The summed E-state index contributed by atoms with van der Waals surface area (Å²) in [4.78, 5) is 20.2. The molecular weight excluding hydrogens is 302 g/mol. The van der Waals surface area contributed by atoms with Crippen molar-refractivity contribution in [3.05, 3.63) is 84.0 Å². The summed E-state index contributed by atoms with van der Waals surface area (Å²) in [6, 6.07) is 9.28. The number of nitrogens with zero attached hydrogens (tertiary/aromatic N) is 2. The van der Waals surface area contributed by atoms with Gasteiger partial charge >= 0.3 is 0 Å². The second-order valence-corrected chi connectivity index (χ2v) is 5.47. The van der Waals surface area contributed by atoms with Gasteiger partial charge in [0, 0.05) is 25.1 Å². The van der Waals surface area contributed by atoms with Crippen molar-refractivity contribution in [1.82, 2.24) is 15.3 Å². The molecule has 1 atom stereocenters. The summed E-state index contributed by atoms with van der Waals surface area (Å²) in [6.45, 7) is 0.994. The van der Waals surface area contributed by atoms with Gasteiger partial charge in [-0.25, -0.2) is 0 Å². The largest absolute Gasteiger partial charge is 0.368 e. The van der Waals surface area contributed by atoms with Crippen molar-refractivity contribution >= 4 is 5.91 Å². The molecule has 5 heteroatoms. The Hall–Kier alpha value is -2.79. The van der Waals surface area contributed by atoms with Crippen molar-refractivity contribution in [1.29, 1.82) is 0 Å². The third-order valence-corrected chi connectivity index (χ3v) is 3.69. The molecular formula is C19H19N3O2. The molecule has 2 aromatic rings. The van der Waals surface area contributed by atoms with E-state index in [1.807, 2.05) is 30.4 Å². The number of nitrogens with one attached hydrogen (secondary N) is 1. The van der Waals surface area contributed by atoms with Crippen LogP contribution in [0.25, 0.3) is 0 Å². The summed E-state index contributed by atoms with van der Waals surface area (Å²) < 4.78 is 5.82. The van der Waals surface area contributed by atoms with Gasteiger partial charge in [-0.15, -0.1) is 0 Å². The quantitative estimate of drug-likeness (QED) is 0.888. The molecule has 122 valence electrons. The van der Waals surface area contributed by atoms with Crippen molar-refractivity contribution in [3.63, 3.8) is 0 Å². The molecule has 0 aliphatic heterocycles. The van der Waals surface area contributed by atoms with Crippen LogP contribution >= 0.6 is 0 Å². The van der Waals surface area contributed by atoms with Crippen molar-refractivity contribution in [3.8, 4) is 0 Å². The Bertz CT molecular complexity index is 727. The first kappa shape index (κ1) is 16.1. The van der Waals surface area contributed by atoms with E-state index in [2.05, 4.69) is 21.4 Å². The van der Waals surface area contributed by atoms with Crippen LogP contribution in [0, 0.1) is 0 Å². The highest BCUT2D eigenvalue weighted by Crippen LogP contribution is 2.14. The first-order valence-corrected chi connectivity index (χ1v) is 7.88. The molecule has 0 bridgehead atoms. The SMILES string of the molecule is O=C(NCC1=CCC(OCc2ccccn2)C=C1)c1cccnc1. The number of amides is 1. The lowest BCUT2D eigenvalue weighted by molar-refractivity contribution is 0.0708. The van der Waals surface area contributed by atoms with E-state index in [-0.39, 0.29) is 12.0 Å². The molecule has 1 amide bonds. The van der Waals surface area contributed by atoms with Crippen LogP contribution in [0.2, 0.25) is 0 Å². The van der Waals surface area contributed by atoms with Gasteiger partial charge in [0.05, 0.1) is 24.0 Å². The fourth-order valence-corrected chi connectivity index (χ4v) is 2.36. The monoisotopic (exact) mass is 321 g/mol. The van der Waals surface area contributed by atoms with Gasteiger partial charge in [-0.05, 0) is 36.3 Å². The molecule has 1 N–H and O–H groups in total. The van der Waals surface area contributed by atoms with Crippen LogP contribution in [0.1, 0.15) is 22.5 Å². The molecule has 0 saturated carbocycles. The van der Waals surface area contributed by atoms with Crippen LogP contribution in [0.5, 0.6) is 0 Å². The lowest BCUT2D eigenvalue weighted by Gasteiger charge is -2.17. The Labute approximate surface area is 141 Å². The van der Waals surface area contributed by atoms with Crippen LogP contribution in [-0.4, -0.2) is 28.5 Å². The number of pyridine rings is 2. The van der Waals surface area contributed by atoms with Gasteiger partial charge in [0.25, 0.3) is 5.91 Å². The maximum Gasteiger partial charge on any atom is 0.253 e. The number of aromatic nitrogens is 2. The van der Waals surface area contributed by atoms with Gasteiger partial charge in [0.2, 0.25) is 0 Å². The van der Waals surface area contributed by atoms with Crippen LogP contribution in [-0.2, 0) is 11.3 Å². The van der Waals surface area contributed by atoms with Gasteiger partial charge in [0.1, 0.15) is 0 Å². The fourth-order valence-electron chi connectivity index (χ4n) is 2.36. The molecule has 3 rings (SSSR count). The smallest absolute Gasteiger partial charge is 0.253 e. The molecule has 24 heavy (non-hydrogen) atoms. The van der Waals surface area contributed by atoms with Crippen molar-refractivity contribution < 1.29 is 9.53 Å². The molecule has 5 nitrogen and oxygen atoms in total. The Balaban J connectivity index is 1.43. The number of hydrogen-bond acceptors (Lipinski definition) is 4. The van der Waals surface area contributed by atoms with Gasteiger partial charge in [-0.2, -0.15) is 0 Å². The van der Waals surface area contributed by atoms with E-state index >= 15 is 0 Å². The minimum Gasteiger partial charge on any atom is -0.368 e. The zero-order valence-electron chi connectivity index (χ0n) is 13.3. The molecule has 2 heterocycles. The average molecular weight is 321 g/mol. The summed E-state index contributed by atoms with van der Waals surface area (Å²) in [7, 11) is 0. The molecule has 0 aromatic carbocycles. The van der Waals surface area contributed by atoms with Crippen molar-refractivity contribution in [2.45, 2.75) is 19.1 Å². The Morgan fingerprint density at radius 2 is 2.21 bits per heavy atom. The third kappa shape index (κ3) is 4.60. The van der Waals surface area contributed by atoms with Crippen molar-refractivity contribution in [2.24, 2.45) is 0 Å². The highest BCUT2D eigenvalue weighted by Gasteiger charge is 2.11. The summed E-state index contributed by atoms with van der Waals surface area (Å²) in [6.07, 6.45) is 11.9. The van der Waals surface area contributed by atoms with Crippen LogP contribution in [0.15, 0.2) is 72.7 Å². The molecule has 0 spiro atoms. The van der Waals surface area contributed by atoms with E-state index in [1.54, 1.807) is 30.7 Å². The summed E-state index contributed by atoms with van der Waals surface area (Å²) in [5.41, 5.74) is 2.56. The first-order valence-electron chi connectivity index (χ1n) is 7.88. The predicted octanol–water partition coefficient (Wildman–Crippen LogP) is 2.68. The van der Waals surface area contributed by atoms with Gasteiger partial charge in [0.15, 0.2) is 0 Å². The molecule has 1 aliphatic rings. The van der Waals surface area contributed by atoms with Crippen LogP contribution in [0.3, 0.4) is 0 Å². The van der Waals surface area contributed by atoms with Gasteiger partial charge in [-0.3, -0.25) is 14.8 Å². The van der Waals surface area contributed by atoms with E-state index in [9.17, 15) is 4.79 Å². The molecule has 2 aromatic heterocycles. The summed E-state index contributed by atoms with van der Waals surface area (Å²) >= 11 is 0. The number of ether oxygens (including phenoxy) is 1. The minimum absolute atomic E-state index is 0.0461. The maximum atomic E-state index is 12.0. The standard InChI is InChI=1S/C19H19N3O2/c23-19(16-4-3-10-20-13-16)22-12-15-6-8-18(9-7-15)24-14-17-5-1-2-11-21-17/h1-8,10-11,13,18H,9,12,14H2,(H,22,23). The number of hydrogen-bond donors (Lipinski definition) is 1. The highest BCUT2D eigenvalue weighted by molar-refractivity contribution is 5.93. The molecule has 0 saturated heterocycles. The Morgan fingerprint density at radius 1 is 1.25 bits per heavy atom. The van der Waals surface area contributed by atoms with Gasteiger partial charge in [-0.1, -0.05) is 24.3 Å². The number of carbonyl (C=O) groups excluding carboxylic acids is 1. The average Bonchev–Trinajstić information content (AvgIpc) is 2.67. The molecule has 0 fully saturated rings. The van der Waals surface area contributed by atoms with E-state index in [0.29, 0.717) is 18.7 Å². The lowest BCUT2D eigenvalue weighted by Crippen LogP contribution is -2.26. The van der Waals surface area contributed by atoms with E-state index in [1.165, 1.54) is 0 Å². The van der Waals surface area contributed by atoms with E-state index in [0.717, 1.165) is 17.7 Å². The highest BCUT2D eigenvalue weighted by atomic mass is 16.5. The van der Waals surface area contributed by atoms with Crippen molar-refractivity contribution in [2.75, 3.05) is 6.54 Å². The molecule has 1 unspecified atom stereocenters. The fraction of sp³-hybridized carbons (Fsp3) is 0.211. The zero-order chi connectivity index (χ0) is 16.6. The first-order chi connectivity index (χ1) is 11.8. The zero-order valence-corrected chi connectivity index (χ0v) is 13.3. The maximum absolute atomic E-state index is 12.0. The molecule has 1 aliphatic carbocycles. The summed E-state index contributed by atoms with van der Waals surface area (Å²) in [5.74, 6) is -0.120.